The highest BCUT2D eigenvalue weighted by atomic mass is 19.1. The van der Waals surface area contributed by atoms with Crippen LogP contribution in [-0.4, -0.2) is 11.9 Å². The van der Waals surface area contributed by atoms with Crippen molar-refractivity contribution >= 4 is 11.6 Å². The molecule has 0 aliphatic heterocycles. The summed E-state index contributed by atoms with van der Waals surface area (Å²) in [6.07, 6.45) is 0.459. The number of hydrogen-bond donors (Lipinski definition) is 2. The summed E-state index contributed by atoms with van der Waals surface area (Å²) < 4.78 is 27.1. The second-order valence-electron chi connectivity index (χ2n) is 4.78. The van der Waals surface area contributed by atoms with Gasteiger partial charge in [0.15, 0.2) is 5.82 Å². The lowest BCUT2D eigenvalue weighted by molar-refractivity contribution is -0.117. The molecule has 5 heteroatoms. The lowest BCUT2D eigenvalue weighted by Crippen LogP contribution is -2.37. The molecule has 100 valence electrons. The molecule has 0 spiro atoms. The molecule has 0 aromatic heterocycles. The first-order chi connectivity index (χ1) is 8.32. The maximum absolute atomic E-state index is 13.7. The molecule has 0 fully saturated rings. The van der Waals surface area contributed by atoms with Crippen molar-refractivity contribution in [2.24, 2.45) is 11.7 Å². The summed E-state index contributed by atoms with van der Waals surface area (Å²) in [6.45, 7) is 5.33. The average molecular weight is 256 g/mol. The maximum atomic E-state index is 13.7. The van der Waals surface area contributed by atoms with E-state index in [1.165, 1.54) is 13.0 Å². The van der Waals surface area contributed by atoms with E-state index in [1.54, 1.807) is 0 Å². The molecule has 0 aliphatic rings. The third-order valence-electron chi connectivity index (χ3n) is 2.59. The Balaban J connectivity index is 2.85. The van der Waals surface area contributed by atoms with E-state index in [-0.39, 0.29) is 11.5 Å². The first-order valence-corrected chi connectivity index (χ1v) is 5.84. The van der Waals surface area contributed by atoms with E-state index >= 15 is 0 Å². The molecule has 1 rings (SSSR count). The average Bonchev–Trinajstić information content (AvgIpc) is 2.28. The number of rotatable bonds is 4. The molecule has 1 aromatic rings. The van der Waals surface area contributed by atoms with E-state index in [9.17, 15) is 13.6 Å². The molecule has 0 heterocycles. The Morgan fingerprint density at radius 2 is 2.00 bits per heavy atom. The number of aryl methyl sites for hydroxylation is 1. The summed E-state index contributed by atoms with van der Waals surface area (Å²) in [5.74, 6) is -1.91. The number of amides is 1. The molecule has 0 bridgehead atoms. The van der Waals surface area contributed by atoms with Crippen molar-refractivity contribution in [3.8, 4) is 0 Å². The van der Waals surface area contributed by atoms with E-state index in [0.717, 1.165) is 6.07 Å². The van der Waals surface area contributed by atoms with E-state index in [1.807, 2.05) is 13.8 Å². The lowest BCUT2D eigenvalue weighted by Gasteiger charge is -2.15. The molecule has 0 aliphatic carbocycles. The van der Waals surface area contributed by atoms with Gasteiger partial charge < -0.3 is 11.1 Å². The van der Waals surface area contributed by atoms with Crippen molar-refractivity contribution in [1.29, 1.82) is 0 Å². The minimum atomic E-state index is -0.803. The lowest BCUT2D eigenvalue weighted by atomic mass is 10.0. The maximum Gasteiger partial charge on any atom is 0.241 e. The topological polar surface area (TPSA) is 55.1 Å². The molecule has 18 heavy (non-hydrogen) atoms. The quantitative estimate of drug-likeness (QED) is 0.870. The van der Waals surface area contributed by atoms with Gasteiger partial charge in [-0.25, -0.2) is 8.78 Å². The van der Waals surface area contributed by atoms with Gasteiger partial charge in [-0.15, -0.1) is 0 Å². The normalized spacial score (nSPS) is 12.6. The van der Waals surface area contributed by atoms with Gasteiger partial charge in [-0.1, -0.05) is 19.9 Å². The van der Waals surface area contributed by atoms with Crippen LogP contribution in [0.3, 0.4) is 0 Å². The van der Waals surface area contributed by atoms with E-state index < -0.39 is 29.3 Å². The third kappa shape index (κ3) is 3.50. The minimum absolute atomic E-state index is 0.234. The number of hydrogen-bond acceptors (Lipinski definition) is 2. The molecular formula is C13H18F2N2O. The van der Waals surface area contributed by atoms with Crippen molar-refractivity contribution in [1.82, 2.24) is 0 Å². The summed E-state index contributed by atoms with van der Waals surface area (Å²) in [5.41, 5.74) is 5.48. The zero-order chi connectivity index (χ0) is 13.9. The highest BCUT2D eigenvalue weighted by molar-refractivity contribution is 5.95. The Morgan fingerprint density at radius 3 is 2.56 bits per heavy atom. The van der Waals surface area contributed by atoms with Crippen LogP contribution in [0, 0.1) is 24.5 Å². The number of benzene rings is 1. The van der Waals surface area contributed by atoms with Crippen molar-refractivity contribution < 1.29 is 13.6 Å². The summed E-state index contributed by atoms with van der Waals surface area (Å²) in [7, 11) is 0. The Hall–Kier alpha value is -1.49. The fourth-order valence-electron chi connectivity index (χ4n) is 1.60. The van der Waals surface area contributed by atoms with Crippen LogP contribution in [0.5, 0.6) is 0 Å². The highest BCUT2D eigenvalue weighted by Crippen LogP contribution is 2.22. The molecule has 0 saturated carbocycles. The van der Waals surface area contributed by atoms with Gasteiger partial charge in [0.1, 0.15) is 11.5 Å². The third-order valence-corrected chi connectivity index (χ3v) is 2.59. The second kappa shape index (κ2) is 5.91. The van der Waals surface area contributed by atoms with Crippen LogP contribution in [0.2, 0.25) is 0 Å². The second-order valence-corrected chi connectivity index (χ2v) is 4.78. The molecule has 1 amide bonds. The van der Waals surface area contributed by atoms with Crippen LogP contribution in [0.4, 0.5) is 14.5 Å². The molecule has 0 radical (unpaired) electrons. The van der Waals surface area contributed by atoms with E-state index in [4.69, 9.17) is 5.73 Å². The van der Waals surface area contributed by atoms with Crippen molar-refractivity contribution in [3.63, 3.8) is 0 Å². The van der Waals surface area contributed by atoms with Gasteiger partial charge in [0.2, 0.25) is 5.91 Å². The number of nitrogens with one attached hydrogen (secondary N) is 1. The SMILES string of the molecule is Cc1ccc(F)c(NC(=O)[C@@H](N)CC(C)C)c1F. The molecule has 0 saturated heterocycles. The number of carbonyl (C=O) groups excluding carboxylic acids is 1. The van der Waals surface area contributed by atoms with Crippen LogP contribution < -0.4 is 11.1 Å². The predicted molar refractivity (Wildman–Crippen MR) is 67.2 cm³/mol. The number of anilines is 1. The largest absolute Gasteiger partial charge is 0.320 e. The van der Waals surface area contributed by atoms with Crippen LogP contribution in [0.15, 0.2) is 12.1 Å². The van der Waals surface area contributed by atoms with Gasteiger partial charge in [-0.2, -0.15) is 0 Å². The Labute approximate surface area is 105 Å². The summed E-state index contributed by atoms with van der Waals surface area (Å²) in [5, 5.41) is 2.21. The number of carbonyl (C=O) groups is 1. The Kier molecular flexibility index (Phi) is 4.78. The van der Waals surface area contributed by atoms with Gasteiger partial charge in [0.05, 0.1) is 6.04 Å². The van der Waals surface area contributed by atoms with Gasteiger partial charge in [0.25, 0.3) is 0 Å². The monoisotopic (exact) mass is 256 g/mol. The van der Waals surface area contributed by atoms with Crippen molar-refractivity contribution in [3.05, 3.63) is 29.3 Å². The Morgan fingerprint density at radius 1 is 1.39 bits per heavy atom. The fraction of sp³-hybridized carbons (Fsp3) is 0.462. The molecular weight excluding hydrogens is 238 g/mol. The number of nitrogens with two attached hydrogens (primary N) is 1. The molecule has 0 unspecified atom stereocenters. The van der Waals surface area contributed by atoms with E-state index in [2.05, 4.69) is 5.32 Å². The van der Waals surface area contributed by atoms with Crippen LogP contribution in [0.1, 0.15) is 25.8 Å². The van der Waals surface area contributed by atoms with Crippen LogP contribution >= 0.6 is 0 Å². The van der Waals surface area contributed by atoms with Gasteiger partial charge in [-0.05, 0) is 30.9 Å². The molecule has 3 nitrogen and oxygen atoms in total. The first kappa shape index (κ1) is 14.6. The van der Waals surface area contributed by atoms with Crippen LogP contribution in [-0.2, 0) is 4.79 Å². The standard InChI is InChI=1S/C13H18F2N2O/c1-7(2)6-10(16)13(18)17-12-9(14)5-4-8(3)11(12)15/h4-5,7,10H,6,16H2,1-3H3,(H,17,18)/t10-/m0/s1. The first-order valence-electron chi connectivity index (χ1n) is 5.84. The summed E-state index contributed by atoms with van der Waals surface area (Å²) in [6, 6.07) is 1.65. The number of halogens is 2. The van der Waals surface area contributed by atoms with Gasteiger partial charge >= 0.3 is 0 Å². The smallest absolute Gasteiger partial charge is 0.241 e. The van der Waals surface area contributed by atoms with Crippen molar-refractivity contribution in [2.45, 2.75) is 33.2 Å². The zero-order valence-electron chi connectivity index (χ0n) is 10.8. The molecule has 1 aromatic carbocycles. The summed E-state index contributed by atoms with van der Waals surface area (Å²) >= 11 is 0. The predicted octanol–water partition coefficient (Wildman–Crippen LogP) is 2.59. The zero-order valence-corrected chi connectivity index (χ0v) is 10.8. The van der Waals surface area contributed by atoms with Gasteiger partial charge in [0, 0.05) is 0 Å². The molecule has 3 N–H and O–H groups in total. The summed E-state index contributed by atoms with van der Waals surface area (Å²) in [4.78, 5) is 11.7. The minimum Gasteiger partial charge on any atom is -0.320 e. The van der Waals surface area contributed by atoms with Crippen molar-refractivity contribution in [2.75, 3.05) is 5.32 Å². The Bertz CT molecular complexity index is 447. The highest BCUT2D eigenvalue weighted by Gasteiger charge is 2.19. The molecule has 1 atom stereocenters. The van der Waals surface area contributed by atoms with Crippen LogP contribution in [0.25, 0.3) is 0 Å². The van der Waals surface area contributed by atoms with Gasteiger partial charge in [-0.3, -0.25) is 4.79 Å². The van der Waals surface area contributed by atoms with E-state index in [0.29, 0.717) is 6.42 Å². The fourth-order valence-corrected chi connectivity index (χ4v) is 1.60.